The van der Waals surface area contributed by atoms with Crippen molar-refractivity contribution in [3.63, 3.8) is 0 Å². The molecule has 2 aromatic carbocycles. The number of carbonyl (C=O) groups excluding carboxylic acids is 1. The predicted octanol–water partition coefficient (Wildman–Crippen LogP) is 2.47. The highest BCUT2D eigenvalue weighted by Crippen LogP contribution is 2.28. The molecular formula is C21H26N2O5S. The molecule has 0 heterocycles. The number of rotatable bonds is 10. The highest BCUT2D eigenvalue weighted by molar-refractivity contribution is 7.88. The molecule has 0 bridgehead atoms. The van der Waals surface area contributed by atoms with Crippen LogP contribution >= 0.6 is 0 Å². The number of nitrogens with one attached hydrogen (secondary N) is 2. The maximum Gasteiger partial charge on any atom is 0.258 e. The van der Waals surface area contributed by atoms with Gasteiger partial charge in [-0.25, -0.2) is 13.1 Å². The minimum absolute atomic E-state index is 0.151. The topological polar surface area (TPSA) is 93.7 Å². The molecule has 2 N–H and O–H groups in total. The molecule has 0 radical (unpaired) electrons. The van der Waals surface area contributed by atoms with E-state index < -0.39 is 10.0 Å². The van der Waals surface area contributed by atoms with Crippen LogP contribution in [0.25, 0.3) is 6.08 Å². The molecule has 0 aliphatic carbocycles. The summed E-state index contributed by atoms with van der Waals surface area (Å²) in [6.45, 7) is 1.94. The molecule has 156 valence electrons. The Morgan fingerprint density at radius 3 is 2.48 bits per heavy atom. The zero-order valence-electron chi connectivity index (χ0n) is 16.8. The second kappa shape index (κ2) is 10.6. The van der Waals surface area contributed by atoms with Crippen molar-refractivity contribution in [2.24, 2.45) is 0 Å². The molecule has 0 aliphatic heterocycles. The van der Waals surface area contributed by atoms with Crippen LogP contribution in [-0.2, 0) is 27.1 Å². The Morgan fingerprint density at radius 1 is 1.10 bits per heavy atom. The van der Waals surface area contributed by atoms with E-state index in [0.29, 0.717) is 17.1 Å². The first-order valence-corrected chi connectivity index (χ1v) is 10.7. The van der Waals surface area contributed by atoms with Crippen LogP contribution in [0.15, 0.2) is 48.5 Å². The van der Waals surface area contributed by atoms with Crippen LogP contribution in [0.3, 0.4) is 0 Å². The molecule has 0 fully saturated rings. The van der Waals surface area contributed by atoms with Crippen molar-refractivity contribution >= 4 is 22.0 Å². The van der Waals surface area contributed by atoms with Crippen LogP contribution < -0.4 is 19.5 Å². The van der Waals surface area contributed by atoms with Crippen molar-refractivity contribution < 1.29 is 22.7 Å². The largest absolute Gasteiger partial charge is 0.493 e. The lowest BCUT2D eigenvalue weighted by molar-refractivity contribution is -0.123. The second-order valence-electron chi connectivity index (χ2n) is 6.21. The molecule has 0 spiro atoms. The minimum atomic E-state index is -3.40. The molecule has 1 amide bonds. The van der Waals surface area contributed by atoms with Gasteiger partial charge in [-0.05, 0) is 42.8 Å². The van der Waals surface area contributed by atoms with E-state index in [2.05, 4.69) is 10.0 Å². The van der Waals surface area contributed by atoms with Crippen molar-refractivity contribution in [1.29, 1.82) is 0 Å². The van der Waals surface area contributed by atoms with Crippen molar-refractivity contribution in [2.45, 2.75) is 19.2 Å². The summed E-state index contributed by atoms with van der Waals surface area (Å²) in [5.41, 5.74) is 2.33. The summed E-state index contributed by atoms with van der Waals surface area (Å²) in [4.78, 5) is 12.2. The third-order valence-electron chi connectivity index (χ3n) is 4.16. The average Bonchev–Trinajstić information content (AvgIpc) is 2.72. The average molecular weight is 419 g/mol. The Labute approximate surface area is 171 Å². The summed E-state index contributed by atoms with van der Waals surface area (Å²) in [6, 6.07) is 12.5. The van der Waals surface area contributed by atoms with E-state index in [1.807, 2.05) is 31.2 Å². The fourth-order valence-corrected chi connectivity index (χ4v) is 3.47. The maximum absolute atomic E-state index is 12.2. The van der Waals surface area contributed by atoms with Gasteiger partial charge in [0.1, 0.15) is 0 Å². The van der Waals surface area contributed by atoms with Gasteiger partial charge in [-0.1, -0.05) is 42.5 Å². The van der Waals surface area contributed by atoms with Crippen molar-refractivity contribution in [3.8, 4) is 11.5 Å². The predicted molar refractivity (Wildman–Crippen MR) is 113 cm³/mol. The highest BCUT2D eigenvalue weighted by Gasteiger charge is 2.13. The van der Waals surface area contributed by atoms with Gasteiger partial charge in [0.05, 0.1) is 12.9 Å². The smallest absolute Gasteiger partial charge is 0.258 e. The number of ether oxygens (including phenoxy) is 2. The molecule has 0 aromatic heterocycles. The summed E-state index contributed by atoms with van der Waals surface area (Å²) in [7, 11) is -0.490. The lowest BCUT2D eigenvalue weighted by Crippen LogP contribution is -2.29. The lowest BCUT2D eigenvalue weighted by Gasteiger charge is -2.13. The van der Waals surface area contributed by atoms with Gasteiger partial charge in [0.25, 0.3) is 5.91 Å². The van der Waals surface area contributed by atoms with Gasteiger partial charge >= 0.3 is 0 Å². The van der Waals surface area contributed by atoms with E-state index in [1.54, 1.807) is 30.3 Å². The Hall–Kier alpha value is -2.84. The van der Waals surface area contributed by atoms with E-state index in [0.717, 1.165) is 11.1 Å². The second-order valence-corrected chi connectivity index (χ2v) is 8.13. The third kappa shape index (κ3) is 6.92. The summed E-state index contributed by atoms with van der Waals surface area (Å²) < 4.78 is 36.8. The summed E-state index contributed by atoms with van der Waals surface area (Å²) in [5.74, 6) is 0.533. The number of hydrogen-bond donors (Lipinski definition) is 2. The first kappa shape index (κ1) is 22.4. The van der Waals surface area contributed by atoms with E-state index in [1.165, 1.54) is 14.2 Å². The number of benzene rings is 2. The van der Waals surface area contributed by atoms with Gasteiger partial charge in [-0.15, -0.1) is 0 Å². The van der Waals surface area contributed by atoms with Crippen molar-refractivity contribution in [1.82, 2.24) is 10.0 Å². The first-order chi connectivity index (χ1) is 13.9. The zero-order chi connectivity index (χ0) is 21.3. The fourth-order valence-electron chi connectivity index (χ4n) is 2.64. The number of allylic oxidation sites excluding steroid dienone is 1. The SMILES string of the molecule is C/C=C/c1ccc(OCC(=O)NCc2ccccc2CS(=O)(=O)NC)c(OC)c1. The molecule has 0 saturated carbocycles. The third-order valence-corrected chi connectivity index (χ3v) is 5.47. The Kier molecular flexibility index (Phi) is 8.23. The molecule has 2 aromatic rings. The Balaban J connectivity index is 1.96. The Morgan fingerprint density at radius 2 is 1.83 bits per heavy atom. The number of carbonyl (C=O) groups is 1. The lowest BCUT2D eigenvalue weighted by atomic mass is 10.1. The monoisotopic (exact) mass is 418 g/mol. The van der Waals surface area contributed by atoms with Crippen LogP contribution in [0.4, 0.5) is 0 Å². The summed E-state index contributed by atoms with van der Waals surface area (Å²) in [6.07, 6.45) is 3.85. The van der Waals surface area contributed by atoms with Crippen LogP contribution in [0.1, 0.15) is 23.6 Å². The van der Waals surface area contributed by atoms with E-state index >= 15 is 0 Å². The van der Waals surface area contributed by atoms with Gasteiger partial charge in [0.15, 0.2) is 18.1 Å². The molecule has 0 unspecified atom stereocenters. The van der Waals surface area contributed by atoms with Crippen LogP contribution in [0.5, 0.6) is 11.5 Å². The normalized spacial score (nSPS) is 11.4. The fraction of sp³-hybridized carbons (Fsp3) is 0.286. The van der Waals surface area contributed by atoms with Crippen LogP contribution in [0, 0.1) is 0 Å². The van der Waals surface area contributed by atoms with Gasteiger partial charge in [0.2, 0.25) is 10.0 Å². The standard InChI is InChI=1S/C21H26N2O5S/c1-4-7-16-10-11-19(20(12-16)27-3)28-14-21(24)23-13-17-8-5-6-9-18(17)15-29(25,26)22-2/h4-12,22H,13-15H2,1-3H3,(H,23,24)/b7-4+. The van der Waals surface area contributed by atoms with Gasteiger partial charge in [-0.2, -0.15) is 0 Å². The number of amides is 1. The van der Waals surface area contributed by atoms with E-state index in [9.17, 15) is 13.2 Å². The molecule has 2 rings (SSSR count). The number of methoxy groups -OCH3 is 1. The van der Waals surface area contributed by atoms with E-state index in [4.69, 9.17) is 9.47 Å². The number of sulfonamides is 1. The first-order valence-electron chi connectivity index (χ1n) is 9.06. The molecule has 0 saturated heterocycles. The molecule has 0 aliphatic rings. The zero-order valence-corrected chi connectivity index (χ0v) is 17.6. The van der Waals surface area contributed by atoms with Crippen LogP contribution in [0.2, 0.25) is 0 Å². The quantitative estimate of drug-likeness (QED) is 0.618. The van der Waals surface area contributed by atoms with Crippen molar-refractivity contribution in [3.05, 3.63) is 65.2 Å². The Bertz CT molecular complexity index is 971. The molecule has 7 nitrogen and oxygen atoms in total. The van der Waals surface area contributed by atoms with Gasteiger partial charge in [-0.3, -0.25) is 4.79 Å². The van der Waals surface area contributed by atoms with Crippen LogP contribution in [-0.4, -0.2) is 35.1 Å². The highest BCUT2D eigenvalue weighted by atomic mass is 32.2. The molecule has 0 atom stereocenters. The van der Waals surface area contributed by atoms with E-state index in [-0.39, 0.29) is 24.8 Å². The van der Waals surface area contributed by atoms with Gasteiger partial charge < -0.3 is 14.8 Å². The molecular weight excluding hydrogens is 392 g/mol. The molecule has 8 heteroatoms. The maximum atomic E-state index is 12.2. The summed E-state index contributed by atoms with van der Waals surface area (Å²) in [5, 5.41) is 2.75. The van der Waals surface area contributed by atoms with Gasteiger partial charge in [0, 0.05) is 6.54 Å². The summed E-state index contributed by atoms with van der Waals surface area (Å²) >= 11 is 0. The minimum Gasteiger partial charge on any atom is -0.493 e. The molecule has 29 heavy (non-hydrogen) atoms. The number of hydrogen-bond acceptors (Lipinski definition) is 5. The van der Waals surface area contributed by atoms with Crippen molar-refractivity contribution in [2.75, 3.05) is 20.8 Å².